The Bertz CT molecular complexity index is 1190. The number of aromatic nitrogens is 4. The van der Waals surface area contributed by atoms with Gasteiger partial charge in [0.2, 0.25) is 0 Å². The molecule has 0 spiro atoms. The van der Waals surface area contributed by atoms with Crippen LogP contribution in [-0.2, 0) is 0 Å². The molecule has 2 aromatic heterocycles. The van der Waals surface area contributed by atoms with E-state index in [2.05, 4.69) is 30.9 Å². The van der Waals surface area contributed by atoms with Crippen molar-refractivity contribution in [2.75, 3.05) is 16.0 Å². The number of urea groups is 1. The van der Waals surface area contributed by atoms with Crippen LogP contribution in [0.2, 0.25) is 0 Å². The van der Waals surface area contributed by atoms with Crippen molar-refractivity contribution in [3.63, 3.8) is 0 Å². The number of benzene rings is 2. The minimum Gasteiger partial charge on any atom is -0.340 e. The number of imidazole rings is 1. The minimum atomic E-state index is -0.776. The molecule has 4 aromatic rings. The van der Waals surface area contributed by atoms with Crippen molar-refractivity contribution in [1.29, 1.82) is 0 Å². The van der Waals surface area contributed by atoms with E-state index in [0.717, 1.165) is 23.9 Å². The molecule has 0 radical (unpaired) electrons. The van der Waals surface area contributed by atoms with E-state index in [-0.39, 0.29) is 5.69 Å². The van der Waals surface area contributed by atoms with Crippen molar-refractivity contribution in [2.45, 2.75) is 6.92 Å². The van der Waals surface area contributed by atoms with Gasteiger partial charge >= 0.3 is 6.03 Å². The van der Waals surface area contributed by atoms with Crippen LogP contribution in [0.15, 0.2) is 67.3 Å². The average Bonchev–Trinajstić information content (AvgIpc) is 3.23. The van der Waals surface area contributed by atoms with E-state index in [9.17, 15) is 13.6 Å². The Balaban J connectivity index is 1.41. The van der Waals surface area contributed by atoms with E-state index < -0.39 is 17.7 Å². The molecule has 8 nitrogen and oxygen atoms in total. The molecule has 10 heteroatoms. The van der Waals surface area contributed by atoms with Gasteiger partial charge in [0.1, 0.15) is 35.4 Å². The predicted octanol–water partition coefficient (Wildman–Crippen LogP) is 4.64. The van der Waals surface area contributed by atoms with Crippen molar-refractivity contribution in [2.24, 2.45) is 0 Å². The Kier molecular flexibility index (Phi) is 5.52. The average molecular weight is 421 g/mol. The fourth-order valence-corrected chi connectivity index (χ4v) is 2.85. The highest BCUT2D eigenvalue weighted by molar-refractivity contribution is 5.99. The van der Waals surface area contributed by atoms with Crippen molar-refractivity contribution in [3.8, 4) is 5.82 Å². The molecule has 0 aliphatic heterocycles. The largest absolute Gasteiger partial charge is 0.340 e. The number of nitrogens with one attached hydrogen (secondary N) is 3. The first-order chi connectivity index (χ1) is 14.9. The number of amides is 2. The third-order valence-corrected chi connectivity index (χ3v) is 4.13. The fourth-order valence-electron chi connectivity index (χ4n) is 2.85. The van der Waals surface area contributed by atoms with Crippen molar-refractivity contribution >= 4 is 28.9 Å². The smallest absolute Gasteiger partial charge is 0.323 e. The van der Waals surface area contributed by atoms with Crippen LogP contribution in [0, 0.1) is 18.6 Å². The Labute approximate surface area is 176 Å². The molecule has 0 saturated heterocycles. The quantitative estimate of drug-likeness (QED) is 0.436. The zero-order valence-corrected chi connectivity index (χ0v) is 16.3. The van der Waals surface area contributed by atoms with E-state index in [1.165, 1.54) is 0 Å². The van der Waals surface area contributed by atoms with Crippen LogP contribution < -0.4 is 16.0 Å². The maximum absolute atomic E-state index is 13.2. The van der Waals surface area contributed by atoms with Crippen LogP contribution in [0.25, 0.3) is 5.82 Å². The molecule has 2 amide bonds. The number of carbonyl (C=O) groups is 1. The van der Waals surface area contributed by atoms with Crippen LogP contribution in [0.4, 0.5) is 36.5 Å². The Hall–Kier alpha value is -4.34. The summed E-state index contributed by atoms with van der Waals surface area (Å²) in [6, 6.07) is 10.8. The Morgan fingerprint density at radius 1 is 0.903 bits per heavy atom. The van der Waals surface area contributed by atoms with Gasteiger partial charge < -0.3 is 16.0 Å². The Morgan fingerprint density at radius 3 is 2.26 bits per heavy atom. The third-order valence-electron chi connectivity index (χ3n) is 4.13. The molecule has 0 fully saturated rings. The van der Waals surface area contributed by atoms with Crippen LogP contribution >= 0.6 is 0 Å². The monoisotopic (exact) mass is 421 g/mol. The SMILES string of the molecule is Cc1nc(Nc2ccc(NC(=O)Nc3cc(F)cc(F)c3)cc2)cc(-n2ccnc2)n1. The molecular formula is C21H17F2N7O. The molecule has 0 atom stereocenters. The maximum atomic E-state index is 13.2. The second kappa shape index (κ2) is 8.57. The van der Waals surface area contributed by atoms with Gasteiger partial charge in [-0.05, 0) is 43.3 Å². The zero-order chi connectivity index (χ0) is 21.8. The van der Waals surface area contributed by atoms with Gasteiger partial charge in [0.15, 0.2) is 0 Å². The van der Waals surface area contributed by atoms with E-state index in [1.54, 1.807) is 60.5 Å². The van der Waals surface area contributed by atoms with Gasteiger partial charge in [-0.2, -0.15) is 0 Å². The molecule has 0 aliphatic carbocycles. The molecule has 2 heterocycles. The van der Waals surface area contributed by atoms with Gasteiger partial charge in [-0.3, -0.25) is 4.57 Å². The standard InChI is InChI=1S/C21H17F2N7O/c1-13-25-19(11-20(26-13)30-7-6-24-12-30)27-16-2-4-17(5-3-16)28-21(31)29-18-9-14(22)8-15(23)10-18/h2-12H,1H3,(H,25,26,27)(H2,28,29,31). The summed E-state index contributed by atoms with van der Waals surface area (Å²) in [6.45, 7) is 1.79. The number of halogens is 2. The lowest BCUT2D eigenvalue weighted by atomic mass is 10.2. The predicted molar refractivity (Wildman–Crippen MR) is 113 cm³/mol. The van der Waals surface area contributed by atoms with Gasteiger partial charge in [0.25, 0.3) is 0 Å². The lowest BCUT2D eigenvalue weighted by molar-refractivity contribution is 0.262. The summed E-state index contributed by atoms with van der Waals surface area (Å²) < 4.78 is 28.2. The summed E-state index contributed by atoms with van der Waals surface area (Å²) in [4.78, 5) is 24.8. The highest BCUT2D eigenvalue weighted by Gasteiger charge is 2.07. The molecule has 0 bridgehead atoms. The molecule has 2 aromatic carbocycles. The van der Waals surface area contributed by atoms with Crippen LogP contribution in [0.1, 0.15) is 5.82 Å². The maximum Gasteiger partial charge on any atom is 0.323 e. The van der Waals surface area contributed by atoms with E-state index in [4.69, 9.17) is 0 Å². The summed E-state index contributed by atoms with van der Waals surface area (Å²) >= 11 is 0. The molecule has 3 N–H and O–H groups in total. The van der Waals surface area contributed by atoms with E-state index in [1.807, 2.05) is 0 Å². The highest BCUT2D eigenvalue weighted by Crippen LogP contribution is 2.20. The van der Waals surface area contributed by atoms with Gasteiger partial charge in [-0.25, -0.2) is 28.5 Å². The summed E-state index contributed by atoms with van der Waals surface area (Å²) in [5.74, 6) is 0.320. The van der Waals surface area contributed by atoms with Crippen molar-refractivity contribution < 1.29 is 13.6 Å². The first-order valence-corrected chi connectivity index (χ1v) is 9.20. The number of hydrogen-bond donors (Lipinski definition) is 3. The minimum absolute atomic E-state index is 0.0149. The lowest BCUT2D eigenvalue weighted by Crippen LogP contribution is -2.19. The summed E-state index contributed by atoms with van der Waals surface area (Å²) in [6.07, 6.45) is 5.10. The molecule has 156 valence electrons. The second-order valence-corrected chi connectivity index (χ2v) is 6.57. The van der Waals surface area contributed by atoms with Crippen molar-refractivity contribution in [1.82, 2.24) is 19.5 Å². The molecule has 0 saturated carbocycles. The second-order valence-electron chi connectivity index (χ2n) is 6.57. The fraction of sp³-hybridized carbons (Fsp3) is 0.0476. The summed E-state index contributed by atoms with van der Waals surface area (Å²) in [7, 11) is 0. The molecule has 0 unspecified atom stereocenters. The topological polar surface area (TPSA) is 96.8 Å². The van der Waals surface area contributed by atoms with E-state index >= 15 is 0 Å². The number of hydrogen-bond acceptors (Lipinski definition) is 5. The van der Waals surface area contributed by atoms with Gasteiger partial charge in [-0.1, -0.05) is 0 Å². The van der Waals surface area contributed by atoms with Crippen LogP contribution in [-0.4, -0.2) is 25.6 Å². The van der Waals surface area contributed by atoms with E-state index in [0.29, 0.717) is 23.1 Å². The van der Waals surface area contributed by atoms with Gasteiger partial charge in [-0.15, -0.1) is 0 Å². The lowest BCUT2D eigenvalue weighted by Gasteiger charge is -2.11. The molecule has 4 rings (SSSR count). The normalized spacial score (nSPS) is 10.5. The number of nitrogens with zero attached hydrogens (tertiary/aromatic N) is 4. The Morgan fingerprint density at radius 2 is 1.58 bits per heavy atom. The van der Waals surface area contributed by atoms with Gasteiger partial charge in [0.05, 0.1) is 0 Å². The molecule has 31 heavy (non-hydrogen) atoms. The third kappa shape index (κ3) is 5.18. The first-order valence-electron chi connectivity index (χ1n) is 9.20. The number of anilines is 4. The first kappa shape index (κ1) is 20.0. The van der Waals surface area contributed by atoms with Crippen molar-refractivity contribution in [3.05, 3.63) is 84.7 Å². The number of carbonyl (C=O) groups excluding carboxylic acids is 1. The number of rotatable bonds is 5. The summed E-state index contributed by atoms with van der Waals surface area (Å²) in [5, 5.41) is 8.16. The zero-order valence-electron chi connectivity index (χ0n) is 16.3. The molecule has 0 aliphatic rings. The van der Waals surface area contributed by atoms with Crippen LogP contribution in [0.3, 0.4) is 0 Å². The van der Waals surface area contributed by atoms with Crippen LogP contribution in [0.5, 0.6) is 0 Å². The molecular weight excluding hydrogens is 404 g/mol. The summed E-state index contributed by atoms with van der Waals surface area (Å²) in [5.41, 5.74) is 1.26. The van der Waals surface area contributed by atoms with Gasteiger partial charge in [0, 0.05) is 41.6 Å². The number of aryl methyl sites for hydroxylation is 1. The highest BCUT2D eigenvalue weighted by atomic mass is 19.1.